The molecule has 3 aromatic rings. The van der Waals surface area contributed by atoms with Gasteiger partial charge in [-0.3, -0.25) is 9.59 Å². The molecule has 1 aliphatic rings. The molecule has 162 valence electrons. The molecule has 1 heterocycles. The molecule has 0 spiro atoms. The number of anilines is 2. The number of carbonyl (C=O) groups excluding carboxylic acids is 2. The molecule has 4 rings (SSSR count). The molecule has 32 heavy (non-hydrogen) atoms. The Morgan fingerprint density at radius 1 is 0.906 bits per heavy atom. The van der Waals surface area contributed by atoms with Crippen molar-refractivity contribution < 1.29 is 9.59 Å². The van der Waals surface area contributed by atoms with Crippen LogP contribution in [0.5, 0.6) is 0 Å². The van der Waals surface area contributed by atoms with Gasteiger partial charge in [-0.2, -0.15) is 0 Å². The molecule has 2 amide bonds. The molecule has 6 heteroatoms. The van der Waals surface area contributed by atoms with Crippen molar-refractivity contribution in [1.29, 1.82) is 0 Å². The minimum atomic E-state index is -0.380. The van der Waals surface area contributed by atoms with Gasteiger partial charge in [-0.1, -0.05) is 60.1 Å². The van der Waals surface area contributed by atoms with E-state index >= 15 is 0 Å². The largest absolute Gasteiger partial charge is 0.350 e. The average molecular weight is 463 g/mol. The van der Waals surface area contributed by atoms with Crippen LogP contribution in [0.3, 0.4) is 0 Å². The van der Waals surface area contributed by atoms with Crippen LogP contribution in [0.25, 0.3) is 0 Å². The number of carbonyl (C=O) groups is 2. The predicted octanol–water partition coefficient (Wildman–Crippen LogP) is 6.51. The minimum Gasteiger partial charge on any atom is -0.350 e. The molecule has 0 aliphatic carbocycles. The normalized spacial score (nSPS) is 13.8. The molecule has 0 fully saturated rings. The Hall–Kier alpha value is -3.02. The number of imide groups is 1. The Bertz CT molecular complexity index is 1220. The van der Waals surface area contributed by atoms with Crippen LogP contribution in [0.4, 0.5) is 11.4 Å². The third-order valence-electron chi connectivity index (χ3n) is 5.31. The highest BCUT2D eigenvalue weighted by molar-refractivity contribution is 8.04. The number of benzene rings is 3. The zero-order valence-corrected chi connectivity index (χ0v) is 19.7. The topological polar surface area (TPSA) is 49.4 Å². The Morgan fingerprint density at radius 2 is 1.59 bits per heavy atom. The maximum atomic E-state index is 13.5. The lowest BCUT2D eigenvalue weighted by Crippen LogP contribution is -2.32. The van der Waals surface area contributed by atoms with Crippen molar-refractivity contribution in [1.82, 2.24) is 0 Å². The first-order valence-electron chi connectivity index (χ1n) is 10.4. The maximum Gasteiger partial charge on any atom is 0.283 e. The highest BCUT2D eigenvalue weighted by Gasteiger charge is 2.40. The molecule has 4 nitrogen and oxygen atoms in total. The van der Waals surface area contributed by atoms with E-state index in [0.717, 1.165) is 28.1 Å². The van der Waals surface area contributed by atoms with E-state index in [9.17, 15) is 9.59 Å². The van der Waals surface area contributed by atoms with Crippen LogP contribution >= 0.6 is 23.4 Å². The molecule has 1 aliphatic heterocycles. The fourth-order valence-electron chi connectivity index (χ4n) is 3.50. The summed E-state index contributed by atoms with van der Waals surface area (Å²) in [5, 5.41) is 3.76. The van der Waals surface area contributed by atoms with Crippen molar-refractivity contribution >= 4 is 46.6 Å². The van der Waals surface area contributed by atoms with E-state index in [1.165, 1.54) is 22.2 Å². The summed E-state index contributed by atoms with van der Waals surface area (Å²) in [7, 11) is 0. The Labute approximate surface area is 197 Å². The van der Waals surface area contributed by atoms with Gasteiger partial charge in [0.2, 0.25) is 0 Å². The van der Waals surface area contributed by atoms with Crippen LogP contribution in [0.15, 0.2) is 82.2 Å². The molecule has 3 aromatic carbocycles. The second kappa shape index (κ2) is 9.23. The SMILES string of the molecule is CCc1ccc(NC2=C(Sc3ccc(C)cc3)C(=O)N(c3ccc(Cl)cc3C)C2=O)cc1. The van der Waals surface area contributed by atoms with E-state index in [0.29, 0.717) is 15.6 Å². The van der Waals surface area contributed by atoms with Gasteiger partial charge in [-0.05, 0) is 73.9 Å². The van der Waals surface area contributed by atoms with Crippen molar-refractivity contribution in [3.05, 3.63) is 99.0 Å². The molecule has 0 unspecified atom stereocenters. The standard InChI is InChI=1S/C26H23ClN2O2S/c1-4-18-7-10-20(11-8-18)28-23-24(32-21-12-5-16(2)6-13-21)26(31)29(25(23)30)22-14-9-19(27)15-17(22)3/h5-15,28H,4H2,1-3H3. The smallest absolute Gasteiger partial charge is 0.283 e. The Balaban J connectivity index is 1.74. The highest BCUT2D eigenvalue weighted by Crippen LogP contribution is 2.39. The average Bonchev–Trinajstić information content (AvgIpc) is 3.00. The number of nitrogens with zero attached hydrogens (tertiary/aromatic N) is 1. The zero-order valence-electron chi connectivity index (χ0n) is 18.1. The van der Waals surface area contributed by atoms with Crippen molar-refractivity contribution in [2.24, 2.45) is 0 Å². The van der Waals surface area contributed by atoms with Crippen LogP contribution in [0, 0.1) is 13.8 Å². The number of halogens is 1. The van der Waals surface area contributed by atoms with E-state index in [1.807, 2.05) is 62.4 Å². The summed E-state index contributed by atoms with van der Waals surface area (Å²) in [5.74, 6) is -0.728. The molecule has 1 N–H and O–H groups in total. The monoisotopic (exact) mass is 462 g/mol. The lowest BCUT2D eigenvalue weighted by Gasteiger charge is -2.18. The van der Waals surface area contributed by atoms with Crippen molar-refractivity contribution in [3.8, 4) is 0 Å². The number of aryl methyl sites for hydroxylation is 3. The first kappa shape index (κ1) is 22.2. The predicted molar refractivity (Wildman–Crippen MR) is 132 cm³/mol. The van der Waals surface area contributed by atoms with Crippen LogP contribution in [0.1, 0.15) is 23.6 Å². The van der Waals surface area contributed by atoms with Crippen molar-refractivity contribution in [3.63, 3.8) is 0 Å². The van der Waals surface area contributed by atoms with Gasteiger partial charge in [0.1, 0.15) is 10.6 Å². The highest BCUT2D eigenvalue weighted by atomic mass is 35.5. The fraction of sp³-hybridized carbons (Fsp3) is 0.154. The van der Waals surface area contributed by atoms with E-state index in [-0.39, 0.29) is 17.5 Å². The second-order valence-electron chi connectivity index (χ2n) is 7.67. The van der Waals surface area contributed by atoms with Crippen molar-refractivity contribution in [2.75, 3.05) is 10.2 Å². The quantitative estimate of drug-likeness (QED) is 0.424. The van der Waals surface area contributed by atoms with Gasteiger partial charge in [0.25, 0.3) is 11.8 Å². The lowest BCUT2D eigenvalue weighted by molar-refractivity contribution is -0.120. The summed E-state index contributed by atoms with van der Waals surface area (Å²) in [6.45, 7) is 5.94. The van der Waals surface area contributed by atoms with Gasteiger partial charge in [-0.25, -0.2) is 4.90 Å². The van der Waals surface area contributed by atoms with Gasteiger partial charge in [-0.15, -0.1) is 0 Å². The zero-order chi connectivity index (χ0) is 22.8. The number of hydrogen-bond acceptors (Lipinski definition) is 4. The molecular formula is C26H23ClN2O2S. The van der Waals surface area contributed by atoms with Gasteiger partial charge in [0, 0.05) is 15.6 Å². The third kappa shape index (κ3) is 4.45. The van der Waals surface area contributed by atoms with Gasteiger partial charge in [0.15, 0.2) is 0 Å². The van der Waals surface area contributed by atoms with E-state index in [4.69, 9.17) is 11.6 Å². The molecule has 0 saturated carbocycles. The number of thioether (sulfide) groups is 1. The molecular weight excluding hydrogens is 440 g/mol. The third-order valence-corrected chi connectivity index (χ3v) is 6.64. The van der Waals surface area contributed by atoms with Gasteiger partial charge < -0.3 is 5.32 Å². The van der Waals surface area contributed by atoms with E-state index < -0.39 is 0 Å². The van der Waals surface area contributed by atoms with Crippen molar-refractivity contribution in [2.45, 2.75) is 32.1 Å². The summed E-state index contributed by atoms with van der Waals surface area (Å²) < 4.78 is 0. The summed E-state index contributed by atoms with van der Waals surface area (Å²) in [5.41, 5.74) is 4.65. The first-order valence-corrected chi connectivity index (χ1v) is 11.6. The number of amides is 2. The van der Waals surface area contributed by atoms with E-state index in [1.54, 1.807) is 18.2 Å². The van der Waals surface area contributed by atoms with Crippen LogP contribution in [-0.4, -0.2) is 11.8 Å². The summed E-state index contributed by atoms with van der Waals surface area (Å²) in [6, 6.07) is 20.9. The molecule has 0 radical (unpaired) electrons. The number of hydrogen-bond donors (Lipinski definition) is 1. The first-order chi connectivity index (χ1) is 15.4. The van der Waals surface area contributed by atoms with Crippen LogP contribution in [-0.2, 0) is 16.0 Å². The van der Waals surface area contributed by atoms with Crippen LogP contribution < -0.4 is 10.2 Å². The second-order valence-corrected chi connectivity index (χ2v) is 9.19. The van der Waals surface area contributed by atoms with Crippen LogP contribution in [0.2, 0.25) is 5.02 Å². The summed E-state index contributed by atoms with van der Waals surface area (Å²) >= 11 is 7.38. The maximum absolute atomic E-state index is 13.5. The minimum absolute atomic E-state index is 0.277. The molecule has 0 aromatic heterocycles. The number of nitrogens with one attached hydrogen (secondary N) is 1. The summed E-state index contributed by atoms with van der Waals surface area (Å²) in [4.78, 5) is 29.4. The Kier molecular flexibility index (Phi) is 6.40. The molecule has 0 bridgehead atoms. The lowest BCUT2D eigenvalue weighted by atomic mass is 10.1. The van der Waals surface area contributed by atoms with Gasteiger partial charge in [0.05, 0.1) is 5.69 Å². The molecule has 0 atom stereocenters. The van der Waals surface area contributed by atoms with Gasteiger partial charge >= 0.3 is 0 Å². The fourth-order valence-corrected chi connectivity index (χ4v) is 4.65. The van der Waals surface area contributed by atoms with E-state index in [2.05, 4.69) is 12.2 Å². The molecule has 0 saturated heterocycles. The number of rotatable bonds is 6. The Morgan fingerprint density at radius 3 is 2.22 bits per heavy atom. The summed E-state index contributed by atoms with van der Waals surface area (Å²) in [6.07, 6.45) is 0.929.